The maximum absolute atomic E-state index is 13.4. The lowest BCUT2D eigenvalue weighted by molar-refractivity contribution is 0.250. The Morgan fingerprint density at radius 2 is 1.70 bits per heavy atom. The number of likely N-dealkylation sites (tertiary alicyclic amines) is 1. The van der Waals surface area contributed by atoms with Crippen molar-refractivity contribution >= 4 is 27.3 Å². The van der Waals surface area contributed by atoms with Gasteiger partial charge in [-0.25, -0.2) is 8.42 Å². The molecular weight excluding hydrogens is 422 g/mol. The van der Waals surface area contributed by atoms with Crippen molar-refractivity contribution in [2.24, 2.45) is 0 Å². The van der Waals surface area contributed by atoms with Crippen molar-refractivity contribution in [3.05, 3.63) is 59.6 Å². The van der Waals surface area contributed by atoms with Crippen LogP contribution in [0, 0.1) is 0 Å². The first-order valence-corrected chi connectivity index (χ1v) is 11.7. The second-order valence-corrected chi connectivity index (χ2v) is 9.84. The molecule has 30 heavy (non-hydrogen) atoms. The van der Waals surface area contributed by atoms with E-state index in [1.807, 2.05) is 24.1 Å². The van der Waals surface area contributed by atoms with E-state index in [0.717, 1.165) is 25.9 Å². The van der Waals surface area contributed by atoms with Crippen LogP contribution in [0.25, 0.3) is 11.5 Å². The fraction of sp³-hybridized carbons (Fsp3) is 0.318. The van der Waals surface area contributed by atoms with E-state index < -0.39 is 9.84 Å². The molecule has 1 aromatic heterocycles. The van der Waals surface area contributed by atoms with Crippen molar-refractivity contribution in [3.63, 3.8) is 0 Å². The van der Waals surface area contributed by atoms with Gasteiger partial charge in [-0.05, 0) is 57.2 Å². The quantitative estimate of drug-likeness (QED) is 0.581. The van der Waals surface area contributed by atoms with Crippen LogP contribution in [0.3, 0.4) is 0 Å². The van der Waals surface area contributed by atoms with Crippen molar-refractivity contribution < 1.29 is 12.8 Å². The van der Waals surface area contributed by atoms with Gasteiger partial charge < -0.3 is 14.2 Å². The number of sulfone groups is 1. The number of hydrogen-bond acceptors (Lipinski definition) is 6. The molecule has 2 heterocycles. The molecule has 0 atom stereocenters. The molecular formula is C22H24ClN3O3S. The molecule has 0 saturated carbocycles. The molecule has 3 aromatic rings. The van der Waals surface area contributed by atoms with Crippen LogP contribution in [0.5, 0.6) is 0 Å². The summed E-state index contributed by atoms with van der Waals surface area (Å²) >= 11 is 6.33. The van der Waals surface area contributed by atoms with Crippen LogP contribution >= 0.6 is 11.6 Å². The molecule has 8 heteroatoms. The van der Waals surface area contributed by atoms with Crippen LogP contribution in [0.15, 0.2) is 68.9 Å². The summed E-state index contributed by atoms with van der Waals surface area (Å²) in [6.45, 7) is 1.89. The number of hydrogen-bond donors (Lipinski definition) is 0. The molecule has 0 radical (unpaired) electrons. The normalized spacial score (nSPS) is 16.0. The van der Waals surface area contributed by atoms with Gasteiger partial charge in [-0.3, -0.25) is 0 Å². The van der Waals surface area contributed by atoms with Gasteiger partial charge in [0, 0.05) is 13.1 Å². The van der Waals surface area contributed by atoms with E-state index in [9.17, 15) is 8.42 Å². The van der Waals surface area contributed by atoms with Crippen molar-refractivity contribution in [1.82, 2.24) is 9.88 Å². The Balaban J connectivity index is 1.82. The van der Waals surface area contributed by atoms with Gasteiger partial charge in [0.15, 0.2) is 0 Å². The first-order valence-electron chi connectivity index (χ1n) is 9.85. The van der Waals surface area contributed by atoms with Crippen molar-refractivity contribution in [2.45, 2.75) is 28.8 Å². The highest BCUT2D eigenvalue weighted by molar-refractivity contribution is 7.91. The highest BCUT2D eigenvalue weighted by atomic mass is 35.5. The maximum atomic E-state index is 13.4. The monoisotopic (exact) mass is 445 g/mol. The molecule has 0 spiro atoms. The third-order valence-electron chi connectivity index (χ3n) is 5.55. The van der Waals surface area contributed by atoms with E-state index in [2.05, 4.69) is 16.9 Å². The van der Waals surface area contributed by atoms with Gasteiger partial charge in [-0.2, -0.15) is 4.98 Å². The topological polar surface area (TPSA) is 66.7 Å². The second-order valence-electron chi connectivity index (χ2n) is 7.57. The first kappa shape index (κ1) is 20.9. The van der Waals surface area contributed by atoms with Gasteiger partial charge in [0.25, 0.3) is 0 Å². The van der Waals surface area contributed by atoms with Crippen LogP contribution in [-0.4, -0.2) is 51.5 Å². The molecule has 1 aliphatic rings. The van der Waals surface area contributed by atoms with Crippen LogP contribution in [-0.2, 0) is 9.84 Å². The second kappa shape index (κ2) is 8.41. The molecule has 0 unspecified atom stereocenters. The van der Waals surface area contributed by atoms with E-state index >= 15 is 0 Å². The Kier molecular flexibility index (Phi) is 5.86. The van der Waals surface area contributed by atoms with E-state index in [0.29, 0.717) is 10.6 Å². The molecule has 0 aliphatic carbocycles. The molecule has 0 N–H and O–H groups in total. The fourth-order valence-electron chi connectivity index (χ4n) is 3.71. The highest BCUT2D eigenvalue weighted by Crippen LogP contribution is 2.37. The lowest BCUT2D eigenvalue weighted by Crippen LogP contribution is -2.42. The minimum atomic E-state index is -3.86. The molecule has 1 aliphatic heterocycles. The number of halogens is 1. The highest BCUT2D eigenvalue weighted by Gasteiger charge is 2.33. The van der Waals surface area contributed by atoms with Crippen LogP contribution in [0.1, 0.15) is 12.8 Å². The SMILES string of the molecule is CN1CCC(N(C)c2oc(-c3ccccc3Cl)nc2S(=O)(=O)c2ccccc2)CC1. The number of oxazole rings is 1. The predicted octanol–water partition coefficient (Wildman–Crippen LogP) is 4.36. The summed E-state index contributed by atoms with van der Waals surface area (Å²) < 4.78 is 32.9. The third-order valence-corrected chi connectivity index (χ3v) is 7.55. The zero-order chi connectivity index (χ0) is 21.3. The number of piperidine rings is 1. The van der Waals surface area contributed by atoms with Gasteiger partial charge in [-0.1, -0.05) is 41.9 Å². The summed E-state index contributed by atoms with van der Waals surface area (Å²) in [4.78, 5) is 8.79. The first-order chi connectivity index (χ1) is 14.4. The third kappa shape index (κ3) is 3.97. The average molecular weight is 446 g/mol. The molecule has 2 aromatic carbocycles. The maximum Gasteiger partial charge on any atom is 0.236 e. The minimum Gasteiger partial charge on any atom is -0.419 e. The zero-order valence-corrected chi connectivity index (χ0v) is 18.5. The molecule has 158 valence electrons. The standard InChI is InChI=1S/C22H24ClN3O3S/c1-25-14-12-16(13-15-25)26(2)22-21(30(27,28)17-8-4-3-5-9-17)24-20(29-22)18-10-6-7-11-19(18)23/h3-11,16H,12-15H2,1-2H3. The minimum absolute atomic E-state index is 0.0787. The molecule has 1 saturated heterocycles. The Labute approximate surface area is 182 Å². The summed E-state index contributed by atoms with van der Waals surface area (Å²) in [7, 11) is 0.0965. The van der Waals surface area contributed by atoms with Crippen molar-refractivity contribution in [3.8, 4) is 11.5 Å². The summed E-state index contributed by atoms with van der Waals surface area (Å²) in [6, 6.07) is 15.6. The number of anilines is 1. The summed E-state index contributed by atoms with van der Waals surface area (Å²) in [5.74, 6) is 0.452. The average Bonchev–Trinajstić information content (AvgIpc) is 3.21. The van der Waals surface area contributed by atoms with Crippen molar-refractivity contribution in [2.75, 3.05) is 32.1 Å². The van der Waals surface area contributed by atoms with Gasteiger partial charge in [0.05, 0.1) is 15.5 Å². The largest absolute Gasteiger partial charge is 0.419 e. The number of nitrogens with zero attached hydrogens (tertiary/aromatic N) is 3. The Morgan fingerprint density at radius 3 is 2.37 bits per heavy atom. The van der Waals surface area contributed by atoms with E-state index in [1.165, 1.54) is 0 Å². The van der Waals surface area contributed by atoms with E-state index in [4.69, 9.17) is 16.0 Å². The fourth-order valence-corrected chi connectivity index (χ4v) is 5.28. The summed E-state index contributed by atoms with van der Waals surface area (Å²) in [5, 5.41) is 0.376. The van der Waals surface area contributed by atoms with Crippen LogP contribution in [0.4, 0.5) is 5.88 Å². The molecule has 6 nitrogen and oxygen atoms in total. The predicted molar refractivity (Wildman–Crippen MR) is 118 cm³/mol. The Morgan fingerprint density at radius 1 is 1.07 bits per heavy atom. The van der Waals surface area contributed by atoms with Crippen LogP contribution in [0.2, 0.25) is 5.02 Å². The van der Waals surface area contributed by atoms with Gasteiger partial charge in [-0.15, -0.1) is 0 Å². The van der Waals surface area contributed by atoms with Gasteiger partial charge in [0.2, 0.25) is 26.6 Å². The summed E-state index contributed by atoms with van der Waals surface area (Å²) in [6.07, 6.45) is 1.83. The lowest BCUT2D eigenvalue weighted by Gasteiger charge is -2.35. The van der Waals surface area contributed by atoms with Crippen molar-refractivity contribution in [1.29, 1.82) is 0 Å². The molecule has 0 amide bonds. The molecule has 4 rings (SSSR count). The summed E-state index contributed by atoms with van der Waals surface area (Å²) in [5.41, 5.74) is 0.562. The Hall–Kier alpha value is -2.35. The van der Waals surface area contributed by atoms with Gasteiger partial charge >= 0.3 is 0 Å². The number of aromatic nitrogens is 1. The Bertz CT molecular complexity index is 1120. The number of rotatable bonds is 5. The smallest absolute Gasteiger partial charge is 0.236 e. The molecule has 0 bridgehead atoms. The van der Waals surface area contributed by atoms with Crippen LogP contribution < -0.4 is 4.90 Å². The lowest BCUT2D eigenvalue weighted by atomic mass is 10.0. The van der Waals surface area contributed by atoms with E-state index in [1.54, 1.807) is 42.5 Å². The zero-order valence-electron chi connectivity index (χ0n) is 17.0. The molecule has 1 fully saturated rings. The number of benzene rings is 2. The van der Waals surface area contributed by atoms with Gasteiger partial charge in [0.1, 0.15) is 0 Å². The van der Waals surface area contributed by atoms with E-state index in [-0.39, 0.29) is 27.7 Å².